The molecule has 8 heteroatoms. The second kappa shape index (κ2) is 8.32. The van der Waals surface area contributed by atoms with Crippen LogP contribution in [0.4, 0.5) is 5.82 Å². The van der Waals surface area contributed by atoms with Gasteiger partial charge in [-0.1, -0.05) is 36.4 Å². The molecule has 2 aromatic heterocycles. The van der Waals surface area contributed by atoms with Crippen molar-refractivity contribution in [2.45, 2.75) is 19.5 Å². The average molecular weight is 428 g/mol. The van der Waals surface area contributed by atoms with Crippen molar-refractivity contribution in [2.24, 2.45) is 5.73 Å². The first kappa shape index (κ1) is 20.0. The number of benzene rings is 2. The summed E-state index contributed by atoms with van der Waals surface area (Å²) in [5, 5.41) is 7.60. The second-order valence-corrected chi connectivity index (χ2v) is 7.69. The van der Waals surface area contributed by atoms with Crippen molar-refractivity contribution in [1.82, 2.24) is 19.9 Å². The van der Waals surface area contributed by atoms with E-state index in [4.69, 9.17) is 20.4 Å². The van der Waals surface area contributed by atoms with E-state index < -0.39 is 5.91 Å². The zero-order valence-electron chi connectivity index (χ0n) is 17.8. The van der Waals surface area contributed by atoms with Gasteiger partial charge >= 0.3 is 0 Å². The van der Waals surface area contributed by atoms with E-state index in [1.54, 1.807) is 25.3 Å². The van der Waals surface area contributed by atoms with Gasteiger partial charge in [0.15, 0.2) is 0 Å². The molecule has 0 saturated heterocycles. The molecule has 0 atom stereocenters. The highest BCUT2D eigenvalue weighted by Gasteiger charge is 2.22. The first-order valence-corrected chi connectivity index (χ1v) is 10.5. The Morgan fingerprint density at radius 1 is 1.19 bits per heavy atom. The smallest absolute Gasteiger partial charge is 0.249 e. The fraction of sp³-hybridized carbons (Fsp3) is 0.208. The summed E-state index contributed by atoms with van der Waals surface area (Å²) in [6.07, 6.45) is 0.804. The Kier molecular flexibility index (Phi) is 5.20. The third-order valence-corrected chi connectivity index (χ3v) is 5.71. The van der Waals surface area contributed by atoms with Crippen molar-refractivity contribution < 1.29 is 9.53 Å². The van der Waals surface area contributed by atoms with Gasteiger partial charge in [-0.15, -0.1) is 0 Å². The maximum atomic E-state index is 11.9. The number of carbonyl (C=O) groups is 1. The third kappa shape index (κ3) is 3.54. The molecule has 0 fully saturated rings. The van der Waals surface area contributed by atoms with Crippen molar-refractivity contribution >= 4 is 22.6 Å². The number of fused-ring (bicyclic) bond motifs is 2. The molecular formula is C24H24N6O2. The molecule has 0 bridgehead atoms. The lowest BCUT2D eigenvalue weighted by molar-refractivity contribution is 0.100. The van der Waals surface area contributed by atoms with Gasteiger partial charge in [0.2, 0.25) is 17.7 Å². The number of methoxy groups -OCH3 is 1. The van der Waals surface area contributed by atoms with Gasteiger partial charge in [0, 0.05) is 48.6 Å². The number of rotatable bonds is 6. The normalized spacial score (nSPS) is 13.0. The van der Waals surface area contributed by atoms with Crippen LogP contribution >= 0.6 is 0 Å². The fourth-order valence-corrected chi connectivity index (χ4v) is 4.14. The molecule has 4 N–H and O–H groups in total. The van der Waals surface area contributed by atoms with Crippen molar-refractivity contribution in [3.63, 3.8) is 0 Å². The SMILES string of the molecule is COc1cc2c(C(N)=O)cccc2n1-c1nc2c(c(NCc3ccccc3)n1)CNCC2. The Hall–Kier alpha value is -3.91. The first-order valence-electron chi connectivity index (χ1n) is 10.5. The van der Waals surface area contributed by atoms with Crippen LogP contribution in [0.3, 0.4) is 0 Å². The number of nitrogens with zero attached hydrogens (tertiary/aromatic N) is 3. The van der Waals surface area contributed by atoms with E-state index in [9.17, 15) is 4.79 Å². The average Bonchev–Trinajstić information content (AvgIpc) is 3.21. The Balaban J connectivity index is 1.64. The van der Waals surface area contributed by atoms with Crippen molar-refractivity contribution in [2.75, 3.05) is 19.0 Å². The van der Waals surface area contributed by atoms with Gasteiger partial charge in [-0.25, -0.2) is 9.55 Å². The molecule has 162 valence electrons. The number of carbonyl (C=O) groups excluding carboxylic acids is 1. The van der Waals surface area contributed by atoms with Crippen LogP contribution < -0.4 is 21.1 Å². The molecule has 8 nitrogen and oxygen atoms in total. The fourth-order valence-electron chi connectivity index (χ4n) is 4.14. The van der Waals surface area contributed by atoms with E-state index in [2.05, 4.69) is 22.8 Å². The Labute approximate surface area is 185 Å². The summed E-state index contributed by atoms with van der Waals surface area (Å²) in [6, 6.07) is 17.4. The molecule has 0 radical (unpaired) electrons. The summed E-state index contributed by atoms with van der Waals surface area (Å²) in [6.45, 7) is 2.22. The van der Waals surface area contributed by atoms with Gasteiger partial charge in [0.25, 0.3) is 0 Å². The van der Waals surface area contributed by atoms with Crippen molar-refractivity contribution in [3.05, 3.63) is 77.0 Å². The highest BCUT2D eigenvalue weighted by atomic mass is 16.5. The van der Waals surface area contributed by atoms with E-state index in [1.807, 2.05) is 28.8 Å². The number of hydrogen-bond donors (Lipinski definition) is 3. The van der Waals surface area contributed by atoms with Gasteiger partial charge in [-0.05, 0) is 17.7 Å². The molecule has 4 aromatic rings. The van der Waals surface area contributed by atoms with Crippen molar-refractivity contribution in [3.8, 4) is 11.8 Å². The number of nitrogens with one attached hydrogen (secondary N) is 2. The molecule has 1 amide bonds. The molecular weight excluding hydrogens is 404 g/mol. The lowest BCUT2D eigenvalue weighted by Crippen LogP contribution is -2.27. The molecule has 1 aliphatic rings. The first-order chi connectivity index (χ1) is 15.7. The Morgan fingerprint density at radius 2 is 2.03 bits per heavy atom. The summed E-state index contributed by atoms with van der Waals surface area (Å²) in [7, 11) is 1.59. The highest BCUT2D eigenvalue weighted by molar-refractivity contribution is 6.06. The highest BCUT2D eigenvalue weighted by Crippen LogP contribution is 2.32. The number of nitrogens with two attached hydrogens (primary N) is 1. The summed E-state index contributed by atoms with van der Waals surface area (Å²) >= 11 is 0. The van der Waals surface area contributed by atoms with E-state index in [0.717, 1.165) is 35.6 Å². The topological polar surface area (TPSA) is 107 Å². The summed E-state index contributed by atoms with van der Waals surface area (Å²) < 4.78 is 7.46. The zero-order valence-corrected chi connectivity index (χ0v) is 17.8. The number of anilines is 1. The predicted octanol–water partition coefficient (Wildman–Crippen LogP) is 2.79. The van der Waals surface area contributed by atoms with Gasteiger partial charge in [-0.3, -0.25) is 4.79 Å². The lowest BCUT2D eigenvalue weighted by Gasteiger charge is -2.21. The van der Waals surface area contributed by atoms with E-state index in [-0.39, 0.29) is 0 Å². The molecule has 3 heterocycles. The molecule has 2 aromatic carbocycles. The van der Waals surface area contributed by atoms with Crippen LogP contribution in [0, 0.1) is 0 Å². The molecule has 0 aliphatic carbocycles. The standard InChI is InChI=1S/C24H24N6O2/c1-32-21-12-17-16(22(25)31)8-5-9-20(17)30(21)24-28-19-10-11-26-14-18(19)23(29-24)27-13-15-6-3-2-4-7-15/h2-9,12,26H,10-11,13-14H2,1H3,(H2,25,31)(H,27,28,29). The minimum Gasteiger partial charge on any atom is -0.482 e. The minimum absolute atomic E-state index is 0.434. The number of ether oxygens (including phenoxy) is 1. The van der Waals surface area contributed by atoms with Crippen LogP contribution in [0.1, 0.15) is 27.2 Å². The number of aromatic nitrogens is 3. The Morgan fingerprint density at radius 3 is 2.81 bits per heavy atom. The van der Waals surface area contributed by atoms with Crippen LogP contribution in [0.25, 0.3) is 16.9 Å². The van der Waals surface area contributed by atoms with Crippen LogP contribution in [0.15, 0.2) is 54.6 Å². The van der Waals surface area contributed by atoms with Crippen molar-refractivity contribution in [1.29, 1.82) is 0 Å². The monoisotopic (exact) mass is 428 g/mol. The third-order valence-electron chi connectivity index (χ3n) is 5.71. The summed E-state index contributed by atoms with van der Waals surface area (Å²) in [5.74, 6) is 1.33. The molecule has 0 spiro atoms. The molecule has 5 rings (SSSR count). The maximum Gasteiger partial charge on any atom is 0.249 e. The molecule has 32 heavy (non-hydrogen) atoms. The van der Waals surface area contributed by atoms with Crippen LogP contribution in [-0.2, 0) is 19.5 Å². The summed E-state index contributed by atoms with van der Waals surface area (Å²) in [4.78, 5) is 21.7. The van der Waals surface area contributed by atoms with Gasteiger partial charge in [0.05, 0.1) is 18.3 Å². The van der Waals surface area contributed by atoms with E-state index in [1.165, 1.54) is 5.56 Å². The number of hydrogen-bond acceptors (Lipinski definition) is 6. The Bertz CT molecular complexity index is 1300. The van der Waals surface area contributed by atoms with Crippen LogP contribution in [0.2, 0.25) is 0 Å². The van der Waals surface area contributed by atoms with Crippen LogP contribution in [-0.4, -0.2) is 34.1 Å². The largest absolute Gasteiger partial charge is 0.482 e. The molecule has 1 aliphatic heterocycles. The maximum absolute atomic E-state index is 11.9. The predicted molar refractivity (Wildman–Crippen MR) is 123 cm³/mol. The quantitative estimate of drug-likeness (QED) is 0.436. The summed E-state index contributed by atoms with van der Waals surface area (Å²) in [5.41, 5.74) is 10.0. The minimum atomic E-state index is -0.488. The number of primary amides is 1. The van der Waals surface area contributed by atoms with Gasteiger partial charge in [-0.2, -0.15) is 4.98 Å². The van der Waals surface area contributed by atoms with Crippen LogP contribution in [0.5, 0.6) is 5.88 Å². The molecule has 0 saturated carbocycles. The number of amides is 1. The van der Waals surface area contributed by atoms with E-state index in [0.29, 0.717) is 35.9 Å². The molecule has 0 unspecified atom stereocenters. The van der Waals surface area contributed by atoms with Gasteiger partial charge < -0.3 is 21.1 Å². The van der Waals surface area contributed by atoms with E-state index >= 15 is 0 Å². The zero-order chi connectivity index (χ0) is 22.1. The van der Waals surface area contributed by atoms with Gasteiger partial charge in [0.1, 0.15) is 5.82 Å². The second-order valence-electron chi connectivity index (χ2n) is 7.69. The lowest BCUT2D eigenvalue weighted by atomic mass is 10.1.